The SMILES string of the molecule is CCN(CC)C(=O)CC1Cc2ccccc2-c2ccccc21. The van der Waals surface area contributed by atoms with Gasteiger partial charge in [0.1, 0.15) is 0 Å². The Balaban J connectivity index is 1.93. The fourth-order valence-electron chi connectivity index (χ4n) is 3.53. The number of amides is 1. The zero-order valence-electron chi connectivity index (χ0n) is 13.4. The second-order valence-electron chi connectivity index (χ2n) is 5.92. The van der Waals surface area contributed by atoms with E-state index in [1.165, 1.54) is 22.3 Å². The fraction of sp³-hybridized carbons (Fsp3) is 0.350. The number of nitrogens with zero attached hydrogens (tertiary/aromatic N) is 1. The molecule has 22 heavy (non-hydrogen) atoms. The van der Waals surface area contributed by atoms with Crippen LogP contribution in [0.5, 0.6) is 0 Å². The highest BCUT2D eigenvalue weighted by Crippen LogP contribution is 2.40. The standard InChI is InChI=1S/C20H23NO/c1-3-21(4-2)20(22)14-16-13-15-9-5-6-10-17(15)19-12-8-7-11-18(16)19/h5-12,16H,3-4,13-14H2,1-2H3. The van der Waals surface area contributed by atoms with Gasteiger partial charge in [0.25, 0.3) is 0 Å². The number of carbonyl (C=O) groups excluding carboxylic acids is 1. The van der Waals surface area contributed by atoms with Crippen LogP contribution in [-0.2, 0) is 11.2 Å². The number of benzene rings is 2. The van der Waals surface area contributed by atoms with Gasteiger partial charge in [-0.3, -0.25) is 4.79 Å². The van der Waals surface area contributed by atoms with Crippen molar-refractivity contribution in [1.82, 2.24) is 4.90 Å². The van der Waals surface area contributed by atoms with Crippen LogP contribution in [0.2, 0.25) is 0 Å². The first-order valence-electron chi connectivity index (χ1n) is 8.19. The van der Waals surface area contributed by atoms with Crippen LogP contribution in [0.15, 0.2) is 48.5 Å². The van der Waals surface area contributed by atoms with E-state index in [1.807, 2.05) is 18.7 Å². The van der Waals surface area contributed by atoms with E-state index in [-0.39, 0.29) is 5.91 Å². The minimum atomic E-state index is 0.268. The summed E-state index contributed by atoms with van der Waals surface area (Å²) in [6.45, 7) is 5.68. The molecule has 0 aromatic heterocycles. The number of fused-ring (bicyclic) bond motifs is 3. The van der Waals surface area contributed by atoms with Gasteiger partial charge in [-0.1, -0.05) is 48.5 Å². The summed E-state index contributed by atoms with van der Waals surface area (Å²) in [5.74, 6) is 0.559. The maximum absolute atomic E-state index is 12.5. The van der Waals surface area contributed by atoms with Crippen molar-refractivity contribution in [2.24, 2.45) is 0 Å². The molecular formula is C20H23NO. The van der Waals surface area contributed by atoms with Crippen LogP contribution in [0.25, 0.3) is 11.1 Å². The topological polar surface area (TPSA) is 20.3 Å². The maximum atomic E-state index is 12.5. The largest absolute Gasteiger partial charge is 0.343 e. The Hall–Kier alpha value is -2.09. The van der Waals surface area contributed by atoms with Crippen LogP contribution in [0.3, 0.4) is 0 Å². The molecule has 1 atom stereocenters. The third kappa shape index (κ3) is 2.66. The summed E-state index contributed by atoms with van der Waals surface area (Å²) < 4.78 is 0. The molecule has 2 nitrogen and oxygen atoms in total. The van der Waals surface area contributed by atoms with Crippen LogP contribution >= 0.6 is 0 Å². The highest BCUT2D eigenvalue weighted by molar-refractivity contribution is 5.80. The quantitative estimate of drug-likeness (QED) is 0.825. The van der Waals surface area contributed by atoms with Gasteiger partial charge in [0.2, 0.25) is 5.91 Å². The van der Waals surface area contributed by atoms with E-state index in [0.29, 0.717) is 12.3 Å². The first kappa shape index (κ1) is 14.8. The zero-order valence-corrected chi connectivity index (χ0v) is 13.4. The lowest BCUT2D eigenvalue weighted by molar-refractivity contribution is -0.131. The highest BCUT2D eigenvalue weighted by atomic mass is 16.2. The molecular weight excluding hydrogens is 270 g/mol. The number of hydrogen-bond donors (Lipinski definition) is 0. The third-order valence-electron chi connectivity index (χ3n) is 4.71. The average molecular weight is 293 g/mol. The van der Waals surface area contributed by atoms with Gasteiger partial charge in [0, 0.05) is 19.5 Å². The van der Waals surface area contributed by atoms with Crippen LogP contribution < -0.4 is 0 Å². The van der Waals surface area contributed by atoms with Gasteiger partial charge < -0.3 is 4.90 Å². The van der Waals surface area contributed by atoms with Crippen molar-refractivity contribution >= 4 is 5.91 Å². The highest BCUT2D eigenvalue weighted by Gasteiger charge is 2.26. The van der Waals surface area contributed by atoms with Crippen LogP contribution in [0.4, 0.5) is 0 Å². The molecule has 0 fully saturated rings. The molecule has 0 bridgehead atoms. The average Bonchev–Trinajstić information content (AvgIpc) is 2.56. The summed E-state index contributed by atoms with van der Waals surface area (Å²) in [6, 6.07) is 17.1. The molecule has 0 N–H and O–H groups in total. The molecule has 114 valence electrons. The number of carbonyl (C=O) groups is 1. The third-order valence-corrected chi connectivity index (χ3v) is 4.71. The Morgan fingerprint density at radius 2 is 1.64 bits per heavy atom. The predicted molar refractivity (Wildman–Crippen MR) is 90.9 cm³/mol. The summed E-state index contributed by atoms with van der Waals surface area (Å²) in [6.07, 6.45) is 1.56. The summed E-state index contributed by atoms with van der Waals surface area (Å²) in [5.41, 5.74) is 5.30. The minimum Gasteiger partial charge on any atom is -0.343 e. The molecule has 0 spiro atoms. The lowest BCUT2D eigenvalue weighted by atomic mass is 9.77. The Kier molecular flexibility index (Phi) is 4.28. The van der Waals surface area contributed by atoms with Gasteiger partial charge in [-0.15, -0.1) is 0 Å². The Bertz CT molecular complexity index is 673. The van der Waals surface area contributed by atoms with E-state index < -0.39 is 0 Å². The molecule has 0 saturated heterocycles. The van der Waals surface area contributed by atoms with E-state index in [2.05, 4.69) is 48.5 Å². The molecule has 1 aliphatic carbocycles. The van der Waals surface area contributed by atoms with Gasteiger partial charge in [-0.05, 0) is 48.4 Å². The van der Waals surface area contributed by atoms with Gasteiger partial charge in [-0.25, -0.2) is 0 Å². The number of rotatable bonds is 4. The smallest absolute Gasteiger partial charge is 0.223 e. The van der Waals surface area contributed by atoms with Crippen molar-refractivity contribution in [2.75, 3.05) is 13.1 Å². The molecule has 2 heteroatoms. The normalized spacial score (nSPS) is 15.8. The molecule has 2 aromatic rings. The Morgan fingerprint density at radius 3 is 2.36 bits per heavy atom. The van der Waals surface area contributed by atoms with E-state index in [4.69, 9.17) is 0 Å². The van der Waals surface area contributed by atoms with Crippen molar-refractivity contribution < 1.29 is 4.79 Å². The van der Waals surface area contributed by atoms with Crippen molar-refractivity contribution in [2.45, 2.75) is 32.6 Å². The van der Waals surface area contributed by atoms with Gasteiger partial charge >= 0.3 is 0 Å². The lowest BCUT2D eigenvalue weighted by Crippen LogP contribution is -2.32. The zero-order chi connectivity index (χ0) is 15.5. The van der Waals surface area contributed by atoms with Gasteiger partial charge in [0.05, 0.1) is 0 Å². The first-order valence-corrected chi connectivity index (χ1v) is 8.19. The van der Waals surface area contributed by atoms with Crippen molar-refractivity contribution in [3.8, 4) is 11.1 Å². The summed E-state index contributed by atoms with van der Waals surface area (Å²) in [5, 5.41) is 0. The minimum absolute atomic E-state index is 0.268. The first-order chi connectivity index (χ1) is 10.7. The summed E-state index contributed by atoms with van der Waals surface area (Å²) >= 11 is 0. The van der Waals surface area contributed by atoms with Crippen LogP contribution in [0, 0.1) is 0 Å². The maximum Gasteiger partial charge on any atom is 0.223 e. The monoisotopic (exact) mass is 293 g/mol. The molecule has 0 saturated carbocycles. The fourth-order valence-corrected chi connectivity index (χ4v) is 3.53. The summed E-state index contributed by atoms with van der Waals surface area (Å²) in [4.78, 5) is 14.5. The molecule has 1 aliphatic rings. The van der Waals surface area contributed by atoms with Crippen LogP contribution in [-0.4, -0.2) is 23.9 Å². The second-order valence-corrected chi connectivity index (χ2v) is 5.92. The van der Waals surface area contributed by atoms with Crippen molar-refractivity contribution in [3.63, 3.8) is 0 Å². The molecule has 0 heterocycles. The molecule has 1 amide bonds. The summed E-state index contributed by atoms with van der Waals surface area (Å²) in [7, 11) is 0. The lowest BCUT2D eigenvalue weighted by Gasteiger charge is -2.29. The van der Waals surface area contributed by atoms with Gasteiger partial charge in [-0.2, -0.15) is 0 Å². The number of hydrogen-bond acceptors (Lipinski definition) is 1. The van der Waals surface area contributed by atoms with E-state index in [0.717, 1.165) is 19.5 Å². The molecule has 2 aromatic carbocycles. The molecule has 0 aliphatic heterocycles. The van der Waals surface area contributed by atoms with E-state index in [9.17, 15) is 4.79 Å². The van der Waals surface area contributed by atoms with E-state index in [1.54, 1.807) is 0 Å². The van der Waals surface area contributed by atoms with Crippen LogP contribution in [0.1, 0.15) is 37.3 Å². The Labute approximate surface area is 132 Å². The Morgan fingerprint density at radius 1 is 1.00 bits per heavy atom. The van der Waals surface area contributed by atoms with Crippen molar-refractivity contribution in [1.29, 1.82) is 0 Å². The molecule has 3 rings (SSSR count). The van der Waals surface area contributed by atoms with Gasteiger partial charge in [0.15, 0.2) is 0 Å². The predicted octanol–water partition coefficient (Wildman–Crippen LogP) is 4.25. The van der Waals surface area contributed by atoms with E-state index >= 15 is 0 Å². The van der Waals surface area contributed by atoms with Crippen molar-refractivity contribution in [3.05, 3.63) is 59.7 Å². The molecule has 0 radical (unpaired) electrons. The second kappa shape index (κ2) is 6.35. The molecule has 1 unspecified atom stereocenters.